The van der Waals surface area contributed by atoms with Gasteiger partial charge in [0.25, 0.3) is 5.91 Å². The van der Waals surface area contributed by atoms with Crippen LogP contribution in [0.2, 0.25) is 0 Å². The molecule has 0 aliphatic carbocycles. The van der Waals surface area contributed by atoms with Crippen molar-refractivity contribution in [1.82, 2.24) is 10.3 Å². The monoisotopic (exact) mass is 525 g/mol. The number of amides is 1. The van der Waals surface area contributed by atoms with Gasteiger partial charge in [-0.15, -0.1) is 0 Å². The molecule has 38 heavy (non-hydrogen) atoms. The standard InChI is InChI=1S/C30H27N3O4S/c1-2-36-29(35)24-11-13-26(14-12-24)33(20-22-15-17-31-18-16-22)30(38)32-28(34)25-9-6-10-27(19-25)37-21-23-7-4-3-5-8-23/h3-19H,2,20-21H2,1H3,(H,32,34,38). The fourth-order valence-corrected chi connectivity index (χ4v) is 3.91. The van der Waals surface area contributed by atoms with Crippen LogP contribution in [0.5, 0.6) is 5.75 Å². The summed E-state index contributed by atoms with van der Waals surface area (Å²) >= 11 is 5.66. The highest BCUT2D eigenvalue weighted by Crippen LogP contribution is 2.20. The molecule has 0 aliphatic rings. The summed E-state index contributed by atoms with van der Waals surface area (Å²) in [6.45, 7) is 2.84. The van der Waals surface area contributed by atoms with Gasteiger partial charge in [-0.05, 0) is 84.9 Å². The van der Waals surface area contributed by atoms with Gasteiger partial charge in [-0.25, -0.2) is 4.79 Å². The molecular weight excluding hydrogens is 498 g/mol. The number of nitrogens with one attached hydrogen (secondary N) is 1. The van der Waals surface area contributed by atoms with E-state index in [1.807, 2.05) is 42.5 Å². The van der Waals surface area contributed by atoms with Crippen LogP contribution in [0.25, 0.3) is 0 Å². The molecule has 0 radical (unpaired) electrons. The zero-order chi connectivity index (χ0) is 26.7. The van der Waals surface area contributed by atoms with E-state index in [-0.39, 0.29) is 11.0 Å². The Labute approximate surface area is 227 Å². The third kappa shape index (κ3) is 7.24. The molecule has 1 amide bonds. The van der Waals surface area contributed by atoms with E-state index >= 15 is 0 Å². The quantitative estimate of drug-likeness (QED) is 0.226. The van der Waals surface area contributed by atoms with E-state index in [2.05, 4.69) is 10.3 Å². The molecule has 4 rings (SSSR count). The molecule has 0 saturated heterocycles. The molecule has 0 bridgehead atoms. The topological polar surface area (TPSA) is 80.8 Å². The van der Waals surface area contributed by atoms with Gasteiger partial charge in [0.05, 0.1) is 18.7 Å². The Kier molecular flexibility index (Phi) is 9.15. The van der Waals surface area contributed by atoms with E-state index in [9.17, 15) is 9.59 Å². The lowest BCUT2D eigenvalue weighted by Gasteiger charge is -2.26. The van der Waals surface area contributed by atoms with E-state index in [1.165, 1.54) is 0 Å². The van der Waals surface area contributed by atoms with Crippen molar-refractivity contribution in [1.29, 1.82) is 0 Å². The first kappa shape index (κ1) is 26.5. The first-order chi connectivity index (χ1) is 18.5. The van der Waals surface area contributed by atoms with E-state index < -0.39 is 5.97 Å². The normalized spacial score (nSPS) is 10.3. The first-order valence-electron chi connectivity index (χ1n) is 12.1. The number of ether oxygens (including phenoxy) is 2. The maximum atomic E-state index is 13.1. The third-order valence-electron chi connectivity index (χ3n) is 5.59. The summed E-state index contributed by atoms with van der Waals surface area (Å²) in [7, 11) is 0. The predicted octanol–water partition coefficient (Wildman–Crippen LogP) is 5.56. The van der Waals surface area contributed by atoms with Gasteiger partial charge in [0.15, 0.2) is 5.11 Å². The Morgan fingerprint density at radius 3 is 2.32 bits per heavy atom. The van der Waals surface area contributed by atoms with Crippen LogP contribution in [0.1, 0.15) is 38.8 Å². The van der Waals surface area contributed by atoms with Gasteiger partial charge in [-0.3, -0.25) is 15.1 Å². The van der Waals surface area contributed by atoms with Crippen molar-refractivity contribution >= 4 is 34.9 Å². The molecule has 0 spiro atoms. The van der Waals surface area contributed by atoms with Gasteiger partial charge < -0.3 is 14.4 Å². The highest BCUT2D eigenvalue weighted by Gasteiger charge is 2.18. The summed E-state index contributed by atoms with van der Waals surface area (Å²) in [4.78, 5) is 31.1. The molecule has 1 N–H and O–H groups in total. The molecule has 192 valence electrons. The number of benzene rings is 3. The summed E-state index contributed by atoms with van der Waals surface area (Å²) in [5.41, 5.74) is 3.54. The second-order valence-electron chi connectivity index (χ2n) is 8.27. The lowest BCUT2D eigenvalue weighted by molar-refractivity contribution is 0.0526. The molecule has 3 aromatic carbocycles. The van der Waals surface area contributed by atoms with Crippen LogP contribution in [0, 0.1) is 0 Å². The van der Waals surface area contributed by atoms with Gasteiger partial charge in [-0.2, -0.15) is 0 Å². The minimum atomic E-state index is -0.398. The van der Waals surface area contributed by atoms with Crippen LogP contribution >= 0.6 is 12.2 Å². The molecule has 4 aromatic rings. The maximum Gasteiger partial charge on any atom is 0.338 e. The van der Waals surface area contributed by atoms with Crippen LogP contribution in [-0.4, -0.2) is 28.6 Å². The summed E-state index contributed by atoms with van der Waals surface area (Å²) in [6.07, 6.45) is 3.39. The van der Waals surface area contributed by atoms with Gasteiger partial charge in [0.1, 0.15) is 12.4 Å². The van der Waals surface area contributed by atoms with Crippen molar-refractivity contribution in [3.05, 3.63) is 126 Å². The number of hydrogen-bond donors (Lipinski definition) is 1. The molecule has 0 aliphatic heterocycles. The molecule has 0 unspecified atom stereocenters. The van der Waals surface area contributed by atoms with Crippen molar-refractivity contribution in [2.45, 2.75) is 20.1 Å². The van der Waals surface area contributed by atoms with Crippen LogP contribution < -0.4 is 15.0 Å². The fraction of sp³-hybridized carbons (Fsp3) is 0.133. The summed E-state index contributed by atoms with van der Waals surface area (Å²) in [6, 6.07) is 27.4. The van der Waals surface area contributed by atoms with Gasteiger partial charge >= 0.3 is 5.97 Å². The molecule has 8 heteroatoms. The number of aromatic nitrogens is 1. The van der Waals surface area contributed by atoms with Crippen LogP contribution in [-0.2, 0) is 17.9 Å². The number of carbonyl (C=O) groups is 2. The zero-order valence-electron chi connectivity index (χ0n) is 20.9. The Bertz CT molecular complexity index is 1380. The number of anilines is 1. The van der Waals surface area contributed by atoms with E-state index in [0.29, 0.717) is 42.3 Å². The van der Waals surface area contributed by atoms with Crippen LogP contribution in [0.3, 0.4) is 0 Å². The maximum absolute atomic E-state index is 13.1. The Balaban J connectivity index is 1.49. The van der Waals surface area contributed by atoms with Gasteiger partial charge in [0, 0.05) is 23.6 Å². The summed E-state index contributed by atoms with van der Waals surface area (Å²) < 4.78 is 10.9. The number of carbonyl (C=O) groups excluding carboxylic acids is 2. The zero-order valence-corrected chi connectivity index (χ0v) is 21.7. The van der Waals surface area contributed by atoms with Crippen molar-refractivity contribution in [3.63, 3.8) is 0 Å². The number of pyridine rings is 1. The largest absolute Gasteiger partial charge is 0.489 e. The number of hydrogen-bond acceptors (Lipinski definition) is 6. The lowest BCUT2D eigenvalue weighted by atomic mass is 10.1. The summed E-state index contributed by atoms with van der Waals surface area (Å²) in [5.74, 6) is -0.177. The smallest absolute Gasteiger partial charge is 0.338 e. The number of rotatable bonds is 9. The summed E-state index contributed by atoms with van der Waals surface area (Å²) in [5, 5.41) is 3.04. The van der Waals surface area contributed by atoms with Gasteiger partial charge in [-0.1, -0.05) is 36.4 Å². The third-order valence-corrected chi connectivity index (χ3v) is 5.91. The highest BCUT2D eigenvalue weighted by molar-refractivity contribution is 7.80. The van der Waals surface area contributed by atoms with Crippen molar-refractivity contribution in [3.8, 4) is 5.75 Å². The molecule has 0 saturated carbocycles. The van der Waals surface area contributed by atoms with Crippen LogP contribution in [0.4, 0.5) is 5.69 Å². The first-order valence-corrected chi connectivity index (χ1v) is 12.5. The Morgan fingerprint density at radius 2 is 1.61 bits per heavy atom. The van der Waals surface area contributed by atoms with Gasteiger partial charge in [0.2, 0.25) is 0 Å². The fourth-order valence-electron chi connectivity index (χ4n) is 3.65. The van der Waals surface area contributed by atoms with Crippen LogP contribution in [0.15, 0.2) is 103 Å². The minimum absolute atomic E-state index is 0.214. The molecular formula is C30H27N3O4S. The average Bonchev–Trinajstić information content (AvgIpc) is 2.96. The Morgan fingerprint density at radius 1 is 0.868 bits per heavy atom. The van der Waals surface area contributed by atoms with E-state index in [4.69, 9.17) is 21.7 Å². The van der Waals surface area contributed by atoms with E-state index in [0.717, 1.165) is 11.1 Å². The molecule has 7 nitrogen and oxygen atoms in total. The lowest BCUT2D eigenvalue weighted by Crippen LogP contribution is -2.42. The molecule has 1 heterocycles. The van der Waals surface area contributed by atoms with Crippen molar-refractivity contribution in [2.75, 3.05) is 11.5 Å². The second-order valence-corrected chi connectivity index (χ2v) is 8.66. The number of thiocarbonyl (C=S) groups is 1. The van der Waals surface area contributed by atoms with Crippen molar-refractivity contribution < 1.29 is 19.1 Å². The SMILES string of the molecule is CCOC(=O)c1ccc(N(Cc2ccncc2)C(=S)NC(=O)c2cccc(OCc3ccccc3)c2)cc1. The van der Waals surface area contributed by atoms with E-state index in [1.54, 1.807) is 72.7 Å². The van der Waals surface area contributed by atoms with Crippen molar-refractivity contribution in [2.24, 2.45) is 0 Å². The Hall–Kier alpha value is -4.56. The second kappa shape index (κ2) is 13.1. The molecule has 0 atom stereocenters. The highest BCUT2D eigenvalue weighted by atomic mass is 32.1. The average molecular weight is 526 g/mol. The minimum Gasteiger partial charge on any atom is -0.489 e. The number of nitrogens with zero attached hydrogens (tertiary/aromatic N) is 2. The molecule has 1 aromatic heterocycles. The molecule has 0 fully saturated rings. The number of esters is 1. The predicted molar refractivity (Wildman–Crippen MR) is 150 cm³/mol.